The molecule has 1 aliphatic heterocycles. The third-order valence-corrected chi connectivity index (χ3v) is 6.19. The van der Waals surface area contributed by atoms with Gasteiger partial charge in [-0.05, 0) is 43.2 Å². The summed E-state index contributed by atoms with van der Waals surface area (Å²) < 4.78 is 7.35. The van der Waals surface area contributed by atoms with E-state index in [1.54, 1.807) is 36.6 Å². The van der Waals surface area contributed by atoms with E-state index >= 15 is 0 Å². The maximum absolute atomic E-state index is 13.4. The van der Waals surface area contributed by atoms with Crippen molar-refractivity contribution in [2.75, 3.05) is 6.61 Å². The second-order valence-corrected chi connectivity index (χ2v) is 8.61. The molecule has 4 rings (SSSR count). The number of rotatable bonds is 5. The molecular formula is C25H21ClN2O3S. The molecule has 0 saturated carbocycles. The van der Waals surface area contributed by atoms with Crippen LogP contribution >= 0.6 is 22.9 Å². The van der Waals surface area contributed by atoms with Crippen molar-refractivity contribution in [1.82, 2.24) is 4.57 Å². The predicted molar refractivity (Wildman–Crippen MR) is 128 cm³/mol. The molecule has 32 heavy (non-hydrogen) atoms. The van der Waals surface area contributed by atoms with Gasteiger partial charge in [0.25, 0.3) is 5.56 Å². The lowest BCUT2D eigenvalue weighted by atomic mass is 10.0. The summed E-state index contributed by atoms with van der Waals surface area (Å²) in [5, 5.41) is 0.593. The van der Waals surface area contributed by atoms with Gasteiger partial charge in [0.2, 0.25) is 0 Å². The van der Waals surface area contributed by atoms with Gasteiger partial charge < -0.3 is 4.74 Å². The number of aromatic nitrogens is 1. The molecule has 2 heterocycles. The van der Waals surface area contributed by atoms with Crippen molar-refractivity contribution in [2.45, 2.75) is 19.9 Å². The molecule has 0 radical (unpaired) electrons. The van der Waals surface area contributed by atoms with Crippen LogP contribution in [0, 0.1) is 0 Å². The molecular weight excluding hydrogens is 444 g/mol. The van der Waals surface area contributed by atoms with Crippen LogP contribution in [-0.2, 0) is 9.53 Å². The Morgan fingerprint density at radius 2 is 1.94 bits per heavy atom. The summed E-state index contributed by atoms with van der Waals surface area (Å²) in [5.41, 5.74) is 2.47. The maximum atomic E-state index is 13.4. The van der Waals surface area contributed by atoms with Crippen molar-refractivity contribution in [3.05, 3.63) is 108 Å². The monoisotopic (exact) mass is 464 g/mol. The minimum atomic E-state index is -0.619. The fourth-order valence-electron chi connectivity index (χ4n) is 3.53. The molecule has 1 atom stereocenters. The van der Waals surface area contributed by atoms with E-state index in [0.717, 1.165) is 11.1 Å². The first-order valence-electron chi connectivity index (χ1n) is 10.2. The molecule has 1 aromatic heterocycles. The molecule has 0 aliphatic carbocycles. The highest BCUT2D eigenvalue weighted by Gasteiger charge is 2.30. The van der Waals surface area contributed by atoms with Crippen LogP contribution in [0.5, 0.6) is 0 Å². The van der Waals surface area contributed by atoms with Crippen LogP contribution in [0.4, 0.5) is 0 Å². The van der Waals surface area contributed by atoms with Crippen LogP contribution in [0.1, 0.15) is 31.0 Å². The number of benzene rings is 2. The van der Waals surface area contributed by atoms with Gasteiger partial charge in [0.05, 0.1) is 28.5 Å². The number of ether oxygens (including phenoxy) is 1. The van der Waals surface area contributed by atoms with E-state index in [-0.39, 0.29) is 12.2 Å². The molecule has 1 aliphatic rings. The summed E-state index contributed by atoms with van der Waals surface area (Å²) in [6, 6.07) is 16.4. The van der Waals surface area contributed by atoms with Gasteiger partial charge >= 0.3 is 5.97 Å². The molecule has 162 valence electrons. The molecule has 0 fully saturated rings. The zero-order valence-electron chi connectivity index (χ0n) is 17.6. The number of fused-ring (bicyclic) bond motifs is 1. The van der Waals surface area contributed by atoms with Crippen molar-refractivity contribution in [1.29, 1.82) is 0 Å². The second kappa shape index (κ2) is 9.51. The summed E-state index contributed by atoms with van der Waals surface area (Å²) >= 11 is 7.38. The van der Waals surface area contributed by atoms with Gasteiger partial charge in [-0.1, -0.05) is 77.6 Å². The SMILES string of the molecule is CCOC(=O)C1=C(C)N=c2sc(=Cc3cccc(Cl)c3)c(=O)n2C1/C=C/c1ccccc1. The molecule has 3 aromatic rings. The van der Waals surface area contributed by atoms with E-state index < -0.39 is 12.0 Å². The Labute approximate surface area is 194 Å². The average molecular weight is 465 g/mol. The fourth-order valence-corrected chi connectivity index (χ4v) is 4.78. The predicted octanol–water partition coefficient (Wildman–Crippen LogP) is 4.12. The van der Waals surface area contributed by atoms with Crippen LogP contribution in [0.3, 0.4) is 0 Å². The zero-order valence-corrected chi connectivity index (χ0v) is 19.2. The lowest BCUT2D eigenvalue weighted by Gasteiger charge is -2.21. The van der Waals surface area contributed by atoms with Crippen molar-refractivity contribution >= 4 is 41.1 Å². The lowest BCUT2D eigenvalue weighted by Crippen LogP contribution is -2.38. The molecule has 0 saturated heterocycles. The normalized spacial score (nSPS) is 16.2. The van der Waals surface area contributed by atoms with Gasteiger partial charge in [-0.25, -0.2) is 9.79 Å². The molecule has 0 amide bonds. The number of hydrogen-bond acceptors (Lipinski definition) is 5. The number of carbonyl (C=O) groups is 1. The Bertz CT molecular complexity index is 1400. The van der Waals surface area contributed by atoms with E-state index in [1.807, 2.05) is 54.6 Å². The average Bonchev–Trinajstić information content (AvgIpc) is 3.07. The van der Waals surface area contributed by atoms with Crippen LogP contribution < -0.4 is 14.9 Å². The number of carbonyl (C=O) groups excluding carboxylic acids is 1. The third kappa shape index (κ3) is 4.52. The van der Waals surface area contributed by atoms with E-state index in [2.05, 4.69) is 4.99 Å². The molecule has 0 bridgehead atoms. The molecule has 1 unspecified atom stereocenters. The standard InChI is InChI=1S/C25H21ClN2O3S/c1-3-31-24(30)22-16(2)27-25-28(20(22)13-12-17-8-5-4-6-9-17)23(29)21(32-25)15-18-10-7-11-19(26)14-18/h4-15,20H,3H2,1-2H3/b13-12+,21-15?. The number of thiazole rings is 1. The fraction of sp³-hybridized carbons (Fsp3) is 0.160. The van der Waals surface area contributed by atoms with Gasteiger partial charge in [0, 0.05) is 5.02 Å². The summed E-state index contributed by atoms with van der Waals surface area (Å²) in [7, 11) is 0. The first kappa shape index (κ1) is 22.0. The first-order valence-corrected chi connectivity index (χ1v) is 11.4. The molecule has 5 nitrogen and oxygen atoms in total. The Morgan fingerprint density at radius 3 is 2.66 bits per heavy atom. The smallest absolute Gasteiger partial charge is 0.338 e. The van der Waals surface area contributed by atoms with Crippen molar-refractivity contribution < 1.29 is 9.53 Å². The molecule has 2 aromatic carbocycles. The Morgan fingerprint density at radius 1 is 1.19 bits per heavy atom. The Hall–Kier alpha value is -3.22. The first-order chi connectivity index (χ1) is 15.5. The summed E-state index contributed by atoms with van der Waals surface area (Å²) in [6.45, 7) is 3.76. The highest BCUT2D eigenvalue weighted by atomic mass is 35.5. The zero-order chi connectivity index (χ0) is 22.7. The quantitative estimate of drug-likeness (QED) is 0.534. The van der Waals surface area contributed by atoms with Gasteiger partial charge in [-0.2, -0.15) is 0 Å². The lowest BCUT2D eigenvalue weighted by molar-refractivity contribution is -0.139. The summed E-state index contributed by atoms with van der Waals surface area (Å²) in [4.78, 5) is 31.3. The number of nitrogens with zero attached hydrogens (tertiary/aromatic N) is 2. The topological polar surface area (TPSA) is 60.7 Å². The Kier molecular flexibility index (Phi) is 6.53. The number of hydrogen-bond donors (Lipinski definition) is 0. The van der Waals surface area contributed by atoms with Gasteiger partial charge in [-0.15, -0.1) is 0 Å². The largest absolute Gasteiger partial charge is 0.463 e. The van der Waals surface area contributed by atoms with Gasteiger partial charge in [0.15, 0.2) is 4.80 Å². The maximum Gasteiger partial charge on any atom is 0.338 e. The van der Waals surface area contributed by atoms with Crippen molar-refractivity contribution in [3.8, 4) is 0 Å². The third-order valence-electron chi connectivity index (χ3n) is 4.98. The van der Waals surface area contributed by atoms with E-state index in [4.69, 9.17) is 16.3 Å². The van der Waals surface area contributed by atoms with E-state index in [9.17, 15) is 9.59 Å². The van der Waals surface area contributed by atoms with Crippen LogP contribution in [0.25, 0.3) is 12.2 Å². The number of esters is 1. The van der Waals surface area contributed by atoms with Crippen LogP contribution in [0.15, 0.2) is 81.7 Å². The van der Waals surface area contributed by atoms with E-state index in [1.165, 1.54) is 11.3 Å². The van der Waals surface area contributed by atoms with Gasteiger partial charge in [-0.3, -0.25) is 9.36 Å². The van der Waals surface area contributed by atoms with Crippen molar-refractivity contribution in [2.24, 2.45) is 4.99 Å². The second-order valence-electron chi connectivity index (χ2n) is 7.17. The highest BCUT2D eigenvalue weighted by Crippen LogP contribution is 2.26. The summed E-state index contributed by atoms with van der Waals surface area (Å²) in [6.07, 6.45) is 5.54. The Balaban J connectivity index is 1.88. The molecule has 0 spiro atoms. The minimum absolute atomic E-state index is 0.217. The minimum Gasteiger partial charge on any atom is -0.463 e. The summed E-state index contributed by atoms with van der Waals surface area (Å²) in [5.74, 6) is -0.472. The number of halogens is 1. The van der Waals surface area contributed by atoms with Crippen molar-refractivity contribution in [3.63, 3.8) is 0 Å². The number of allylic oxidation sites excluding steroid dienone is 2. The van der Waals surface area contributed by atoms with Gasteiger partial charge in [0.1, 0.15) is 0 Å². The highest BCUT2D eigenvalue weighted by molar-refractivity contribution is 7.07. The van der Waals surface area contributed by atoms with Crippen LogP contribution in [0.2, 0.25) is 5.02 Å². The van der Waals surface area contributed by atoms with E-state index in [0.29, 0.717) is 25.6 Å². The molecule has 0 N–H and O–H groups in total. The molecule has 7 heteroatoms. The van der Waals surface area contributed by atoms with Crippen LogP contribution in [-0.4, -0.2) is 17.1 Å².